The summed E-state index contributed by atoms with van der Waals surface area (Å²) in [5, 5.41) is 2.86. The highest BCUT2D eigenvalue weighted by atomic mass is 19.1. The topological polar surface area (TPSA) is 49.4 Å². The molecule has 1 heterocycles. The van der Waals surface area contributed by atoms with Crippen molar-refractivity contribution >= 4 is 17.5 Å². The van der Waals surface area contributed by atoms with Gasteiger partial charge in [0.2, 0.25) is 5.91 Å². The van der Waals surface area contributed by atoms with Crippen molar-refractivity contribution in [2.45, 2.75) is 45.6 Å². The van der Waals surface area contributed by atoms with Crippen LogP contribution in [0.2, 0.25) is 0 Å². The lowest BCUT2D eigenvalue weighted by Crippen LogP contribution is -2.56. The molecule has 1 N–H and O–H groups in total. The zero-order chi connectivity index (χ0) is 15.6. The second kappa shape index (κ2) is 5.84. The fourth-order valence-corrected chi connectivity index (χ4v) is 2.73. The minimum absolute atomic E-state index is 0.117. The quantitative estimate of drug-likeness (QED) is 0.930. The standard InChI is InChI=1S/C16H21FN2O2/c1-4-16(5-2)15(21)19(9-8-14(20)18-16)12-6-7-13(17)11(3)10-12/h6-7,10H,4-5,8-9H2,1-3H3,(H,18,20). The normalized spacial score (nSPS) is 18.4. The van der Waals surface area contributed by atoms with Gasteiger partial charge in [-0.3, -0.25) is 9.59 Å². The molecule has 0 aromatic heterocycles. The second-order valence-corrected chi connectivity index (χ2v) is 5.48. The SMILES string of the molecule is CCC1(CC)NC(=O)CCN(c2ccc(F)c(C)c2)C1=O. The van der Waals surface area contributed by atoms with Gasteiger partial charge >= 0.3 is 0 Å². The van der Waals surface area contributed by atoms with Gasteiger partial charge in [-0.15, -0.1) is 0 Å². The number of rotatable bonds is 3. The van der Waals surface area contributed by atoms with E-state index in [1.807, 2.05) is 13.8 Å². The number of aryl methyl sites for hydroxylation is 1. The lowest BCUT2D eigenvalue weighted by atomic mass is 9.91. The van der Waals surface area contributed by atoms with E-state index >= 15 is 0 Å². The Balaban J connectivity index is 2.44. The summed E-state index contributed by atoms with van der Waals surface area (Å²) in [5.41, 5.74) is 0.264. The molecule has 1 aliphatic rings. The number of carbonyl (C=O) groups is 2. The van der Waals surface area contributed by atoms with Gasteiger partial charge in [-0.25, -0.2) is 4.39 Å². The Bertz CT molecular complexity index is 567. The molecule has 0 unspecified atom stereocenters. The van der Waals surface area contributed by atoms with E-state index in [2.05, 4.69) is 5.32 Å². The van der Waals surface area contributed by atoms with Gasteiger partial charge in [-0.2, -0.15) is 0 Å². The van der Waals surface area contributed by atoms with E-state index in [-0.39, 0.29) is 24.1 Å². The summed E-state index contributed by atoms with van der Waals surface area (Å²) in [4.78, 5) is 26.4. The predicted molar refractivity (Wildman–Crippen MR) is 79.6 cm³/mol. The van der Waals surface area contributed by atoms with E-state index in [1.54, 1.807) is 24.0 Å². The first-order chi connectivity index (χ1) is 9.93. The molecule has 2 rings (SSSR count). The fourth-order valence-electron chi connectivity index (χ4n) is 2.73. The Hall–Kier alpha value is -1.91. The molecular formula is C16H21FN2O2. The van der Waals surface area contributed by atoms with Gasteiger partial charge in [0.1, 0.15) is 11.4 Å². The molecule has 1 aliphatic heterocycles. The number of nitrogens with zero attached hydrogens (tertiary/aromatic N) is 1. The number of anilines is 1. The van der Waals surface area contributed by atoms with Crippen LogP contribution in [0.25, 0.3) is 0 Å². The highest BCUT2D eigenvalue weighted by molar-refractivity contribution is 6.04. The first-order valence-electron chi connectivity index (χ1n) is 7.32. The first kappa shape index (κ1) is 15.5. The van der Waals surface area contributed by atoms with Crippen molar-refractivity contribution in [2.24, 2.45) is 0 Å². The van der Waals surface area contributed by atoms with Crippen LogP contribution < -0.4 is 10.2 Å². The van der Waals surface area contributed by atoms with Crippen molar-refractivity contribution in [3.63, 3.8) is 0 Å². The molecule has 0 bridgehead atoms. The van der Waals surface area contributed by atoms with Crippen LogP contribution in [0.4, 0.5) is 10.1 Å². The zero-order valence-electron chi connectivity index (χ0n) is 12.7. The van der Waals surface area contributed by atoms with Crippen LogP contribution in [-0.2, 0) is 9.59 Å². The van der Waals surface area contributed by atoms with Crippen molar-refractivity contribution in [1.29, 1.82) is 0 Å². The minimum Gasteiger partial charge on any atom is -0.342 e. The first-order valence-corrected chi connectivity index (χ1v) is 7.32. The number of hydrogen-bond donors (Lipinski definition) is 1. The van der Waals surface area contributed by atoms with Crippen molar-refractivity contribution in [2.75, 3.05) is 11.4 Å². The highest BCUT2D eigenvalue weighted by Gasteiger charge is 2.42. The number of nitrogens with one attached hydrogen (secondary N) is 1. The Kier molecular flexibility index (Phi) is 4.30. The van der Waals surface area contributed by atoms with Crippen molar-refractivity contribution in [3.05, 3.63) is 29.6 Å². The number of hydrogen-bond acceptors (Lipinski definition) is 2. The Morgan fingerprint density at radius 1 is 1.29 bits per heavy atom. The average Bonchev–Trinajstić information content (AvgIpc) is 2.60. The molecule has 0 saturated carbocycles. The minimum atomic E-state index is -0.865. The maximum Gasteiger partial charge on any atom is 0.252 e. The van der Waals surface area contributed by atoms with Gasteiger partial charge in [0.25, 0.3) is 5.91 Å². The molecule has 114 valence electrons. The Morgan fingerprint density at radius 2 is 1.95 bits per heavy atom. The summed E-state index contributed by atoms with van der Waals surface area (Å²) in [6.07, 6.45) is 1.32. The van der Waals surface area contributed by atoms with Gasteiger partial charge in [0, 0.05) is 18.7 Å². The molecule has 1 aromatic carbocycles. The van der Waals surface area contributed by atoms with Crippen LogP contribution in [0.1, 0.15) is 38.7 Å². The molecule has 1 fully saturated rings. The van der Waals surface area contributed by atoms with Crippen LogP contribution in [0.5, 0.6) is 0 Å². The van der Waals surface area contributed by atoms with E-state index in [0.29, 0.717) is 30.6 Å². The second-order valence-electron chi connectivity index (χ2n) is 5.48. The highest BCUT2D eigenvalue weighted by Crippen LogP contribution is 2.27. The van der Waals surface area contributed by atoms with E-state index in [4.69, 9.17) is 0 Å². The number of halogens is 1. The molecule has 5 heteroatoms. The van der Waals surface area contributed by atoms with Crippen LogP contribution in [-0.4, -0.2) is 23.9 Å². The molecule has 0 aliphatic carbocycles. The zero-order valence-corrected chi connectivity index (χ0v) is 12.7. The van der Waals surface area contributed by atoms with Gasteiger partial charge in [-0.05, 0) is 43.5 Å². The van der Waals surface area contributed by atoms with Crippen molar-refractivity contribution in [1.82, 2.24) is 5.32 Å². The predicted octanol–water partition coefficient (Wildman–Crippen LogP) is 2.55. The number of amides is 2. The maximum atomic E-state index is 13.4. The third-order valence-electron chi connectivity index (χ3n) is 4.26. The van der Waals surface area contributed by atoms with Crippen molar-refractivity contribution in [3.8, 4) is 0 Å². The van der Waals surface area contributed by atoms with Gasteiger partial charge in [-0.1, -0.05) is 13.8 Å². The summed E-state index contributed by atoms with van der Waals surface area (Å²) in [5.74, 6) is -0.537. The van der Waals surface area contributed by atoms with Gasteiger partial charge in [0.05, 0.1) is 0 Å². The molecule has 4 nitrogen and oxygen atoms in total. The lowest BCUT2D eigenvalue weighted by molar-refractivity contribution is -0.130. The molecule has 0 radical (unpaired) electrons. The molecule has 0 spiro atoms. The van der Waals surface area contributed by atoms with Crippen LogP contribution in [0, 0.1) is 12.7 Å². The molecule has 0 atom stereocenters. The summed E-state index contributed by atoms with van der Waals surface area (Å²) >= 11 is 0. The fraction of sp³-hybridized carbons (Fsp3) is 0.500. The molecular weight excluding hydrogens is 271 g/mol. The van der Waals surface area contributed by atoms with Crippen LogP contribution in [0.15, 0.2) is 18.2 Å². The number of carbonyl (C=O) groups excluding carboxylic acids is 2. The van der Waals surface area contributed by atoms with Crippen molar-refractivity contribution < 1.29 is 14.0 Å². The summed E-state index contributed by atoms with van der Waals surface area (Å²) < 4.78 is 13.4. The van der Waals surface area contributed by atoms with E-state index in [1.165, 1.54) is 6.07 Å². The summed E-state index contributed by atoms with van der Waals surface area (Å²) in [6, 6.07) is 4.60. The van der Waals surface area contributed by atoms with E-state index < -0.39 is 5.54 Å². The smallest absolute Gasteiger partial charge is 0.252 e. The monoisotopic (exact) mass is 292 g/mol. The Morgan fingerprint density at radius 3 is 2.52 bits per heavy atom. The van der Waals surface area contributed by atoms with Crippen LogP contribution >= 0.6 is 0 Å². The molecule has 1 aromatic rings. The molecule has 2 amide bonds. The molecule has 21 heavy (non-hydrogen) atoms. The Labute approximate surface area is 124 Å². The van der Waals surface area contributed by atoms with Gasteiger partial charge < -0.3 is 10.2 Å². The summed E-state index contributed by atoms with van der Waals surface area (Å²) in [6.45, 7) is 5.76. The molecule has 1 saturated heterocycles. The third kappa shape index (κ3) is 2.77. The van der Waals surface area contributed by atoms with E-state index in [0.717, 1.165) is 0 Å². The van der Waals surface area contributed by atoms with E-state index in [9.17, 15) is 14.0 Å². The maximum absolute atomic E-state index is 13.4. The summed E-state index contributed by atoms with van der Waals surface area (Å²) in [7, 11) is 0. The lowest BCUT2D eigenvalue weighted by Gasteiger charge is -2.33. The van der Waals surface area contributed by atoms with Crippen LogP contribution in [0.3, 0.4) is 0 Å². The third-order valence-corrected chi connectivity index (χ3v) is 4.26. The largest absolute Gasteiger partial charge is 0.342 e. The van der Waals surface area contributed by atoms with Gasteiger partial charge in [0.15, 0.2) is 0 Å². The average molecular weight is 292 g/mol. The number of benzene rings is 1.